The van der Waals surface area contributed by atoms with E-state index in [2.05, 4.69) is 18.0 Å². The van der Waals surface area contributed by atoms with Crippen molar-refractivity contribution in [3.8, 4) is 0 Å². The number of carbonyl (C=O) groups excluding carboxylic acids is 1. The van der Waals surface area contributed by atoms with E-state index >= 15 is 0 Å². The van der Waals surface area contributed by atoms with Gasteiger partial charge in [-0.3, -0.25) is 4.79 Å². The molecule has 21 heavy (non-hydrogen) atoms. The van der Waals surface area contributed by atoms with Crippen molar-refractivity contribution in [2.75, 3.05) is 5.32 Å². The topological polar surface area (TPSA) is 55.1 Å². The number of allylic oxidation sites excluding steroid dienone is 1. The summed E-state index contributed by atoms with van der Waals surface area (Å²) < 4.78 is 0. The third-order valence-corrected chi connectivity index (χ3v) is 3.34. The molecule has 0 aliphatic carbocycles. The van der Waals surface area contributed by atoms with Gasteiger partial charge in [0.25, 0.3) is 0 Å². The second kappa shape index (κ2) is 6.75. The Bertz CT molecular complexity index is 635. The summed E-state index contributed by atoms with van der Waals surface area (Å²) in [7, 11) is 0. The Balaban J connectivity index is 2.33. The number of benzene rings is 2. The summed E-state index contributed by atoms with van der Waals surface area (Å²) >= 11 is 0. The van der Waals surface area contributed by atoms with Crippen molar-refractivity contribution in [1.82, 2.24) is 0 Å². The minimum absolute atomic E-state index is 0.397. The van der Waals surface area contributed by atoms with Crippen LogP contribution in [0.25, 0.3) is 0 Å². The lowest BCUT2D eigenvalue weighted by atomic mass is 10.0. The molecule has 0 bridgehead atoms. The van der Waals surface area contributed by atoms with Crippen molar-refractivity contribution >= 4 is 11.6 Å². The minimum atomic E-state index is -0.544. The van der Waals surface area contributed by atoms with Gasteiger partial charge < -0.3 is 11.1 Å². The minimum Gasteiger partial charge on any atom is -0.370 e. The van der Waals surface area contributed by atoms with E-state index in [0.29, 0.717) is 0 Å². The van der Waals surface area contributed by atoms with Gasteiger partial charge in [0.05, 0.1) is 0 Å². The van der Waals surface area contributed by atoms with Crippen LogP contribution < -0.4 is 11.1 Å². The summed E-state index contributed by atoms with van der Waals surface area (Å²) in [4.78, 5) is 11.8. The fourth-order valence-corrected chi connectivity index (χ4v) is 2.31. The number of amides is 1. The molecule has 2 rings (SSSR count). The lowest BCUT2D eigenvalue weighted by Gasteiger charge is -2.19. The number of nitrogens with two attached hydrogens (primary N) is 1. The average molecular weight is 280 g/mol. The molecule has 1 amide bonds. The molecule has 0 aliphatic rings. The zero-order chi connectivity index (χ0) is 15.2. The first-order valence-corrected chi connectivity index (χ1v) is 6.93. The fraction of sp³-hybridized carbons (Fsp3) is 0.167. The van der Waals surface area contributed by atoms with Crippen molar-refractivity contribution in [2.45, 2.75) is 19.4 Å². The van der Waals surface area contributed by atoms with Gasteiger partial charge >= 0.3 is 0 Å². The third-order valence-electron chi connectivity index (χ3n) is 3.34. The van der Waals surface area contributed by atoms with Gasteiger partial charge in [-0.1, -0.05) is 54.1 Å². The van der Waals surface area contributed by atoms with Gasteiger partial charge in [-0.25, -0.2) is 0 Å². The van der Waals surface area contributed by atoms with Crippen LogP contribution >= 0.6 is 0 Å². The van der Waals surface area contributed by atoms with Crippen LogP contribution in [0.1, 0.15) is 22.7 Å². The van der Waals surface area contributed by atoms with Gasteiger partial charge in [0.1, 0.15) is 6.04 Å². The molecular formula is C18H20N2O. The first kappa shape index (κ1) is 14.9. The highest BCUT2D eigenvalue weighted by Gasteiger charge is 2.18. The molecule has 0 saturated heterocycles. The number of anilines is 1. The molecule has 3 N–H and O–H groups in total. The predicted molar refractivity (Wildman–Crippen MR) is 87.1 cm³/mol. The van der Waals surface area contributed by atoms with Crippen LogP contribution in [-0.4, -0.2) is 5.91 Å². The molecule has 1 unspecified atom stereocenters. The van der Waals surface area contributed by atoms with Crippen LogP contribution in [0, 0.1) is 6.92 Å². The maximum atomic E-state index is 11.8. The highest BCUT2D eigenvalue weighted by molar-refractivity contribution is 5.84. The molecule has 0 fully saturated rings. The highest BCUT2D eigenvalue weighted by Crippen LogP contribution is 2.24. The van der Waals surface area contributed by atoms with Crippen molar-refractivity contribution < 1.29 is 4.79 Å². The van der Waals surface area contributed by atoms with Crippen LogP contribution in [0.2, 0.25) is 0 Å². The highest BCUT2D eigenvalue weighted by atomic mass is 16.1. The van der Waals surface area contributed by atoms with Gasteiger partial charge in [-0.05, 0) is 30.5 Å². The van der Waals surface area contributed by atoms with Crippen LogP contribution in [0.3, 0.4) is 0 Å². The van der Waals surface area contributed by atoms with Gasteiger partial charge in [-0.2, -0.15) is 0 Å². The van der Waals surface area contributed by atoms with Crippen molar-refractivity contribution in [3.63, 3.8) is 0 Å². The van der Waals surface area contributed by atoms with Crippen LogP contribution in [-0.2, 0) is 11.2 Å². The SMILES string of the molecule is C=CCc1cc(C)ccc1NC(C(N)=O)c1ccccc1. The fourth-order valence-electron chi connectivity index (χ4n) is 2.31. The summed E-state index contributed by atoms with van der Waals surface area (Å²) in [6, 6.07) is 15.0. The molecule has 3 nitrogen and oxygen atoms in total. The van der Waals surface area contributed by atoms with Gasteiger partial charge in [0.2, 0.25) is 5.91 Å². The Labute approximate surface area is 125 Å². The summed E-state index contributed by atoms with van der Waals surface area (Å²) in [6.07, 6.45) is 2.59. The molecule has 2 aromatic carbocycles. The summed E-state index contributed by atoms with van der Waals surface area (Å²) in [5.41, 5.74) is 9.59. The molecule has 0 aromatic heterocycles. The lowest BCUT2D eigenvalue weighted by molar-refractivity contribution is -0.118. The van der Waals surface area contributed by atoms with Gasteiger partial charge in [0.15, 0.2) is 0 Å². The first-order valence-electron chi connectivity index (χ1n) is 6.93. The van der Waals surface area contributed by atoms with Crippen LogP contribution in [0.15, 0.2) is 61.2 Å². The quantitative estimate of drug-likeness (QED) is 0.797. The zero-order valence-electron chi connectivity index (χ0n) is 12.2. The summed E-state index contributed by atoms with van der Waals surface area (Å²) in [5, 5.41) is 3.25. The Morgan fingerprint density at radius 2 is 2.00 bits per heavy atom. The Kier molecular flexibility index (Phi) is 4.77. The number of primary amides is 1. The van der Waals surface area contributed by atoms with Crippen LogP contribution in [0.5, 0.6) is 0 Å². The molecule has 2 aromatic rings. The molecule has 0 heterocycles. The van der Waals surface area contributed by atoms with Crippen LogP contribution in [0.4, 0.5) is 5.69 Å². The third kappa shape index (κ3) is 3.72. The van der Waals surface area contributed by atoms with E-state index in [1.807, 2.05) is 55.5 Å². The Hall–Kier alpha value is -2.55. The summed E-state index contributed by atoms with van der Waals surface area (Å²) in [5.74, 6) is -0.397. The predicted octanol–water partition coefficient (Wildman–Crippen LogP) is 3.36. The second-order valence-corrected chi connectivity index (χ2v) is 5.04. The van der Waals surface area contributed by atoms with Crippen molar-refractivity contribution in [1.29, 1.82) is 0 Å². The zero-order valence-corrected chi connectivity index (χ0v) is 12.2. The molecule has 0 spiro atoms. The number of hydrogen-bond acceptors (Lipinski definition) is 2. The average Bonchev–Trinajstić information content (AvgIpc) is 2.47. The largest absolute Gasteiger partial charge is 0.370 e. The van der Waals surface area contributed by atoms with E-state index in [1.54, 1.807) is 0 Å². The molecule has 1 atom stereocenters. The second-order valence-electron chi connectivity index (χ2n) is 5.04. The number of carbonyl (C=O) groups is 1. The van der Waals surface area contributed by atoms with E-state index < -0.39 is 11.9 Å². The van der Waals surface area contributed by atoms with E-state index in [-0.39, 0.29) is 0 Å². The van der Waals surface area contributed by atoms with Crippen molar-refractivity contribution in [3.05, 3.63) is 77.9 Å². The first-order chi connectivity index (χ1) is 10.1. The Morgan fingerprint density at radius 3 is 2.62 bits per heavy atom. The normalized spacial score (nSPS) is 11.7. The molecule has 3 heteroatoms. The van der Waals surface area contributed by atoms with E-state index in [1.165, 1.54) is 5.56 Å². The number of aryl methyl sites for hydroxylation is 1. The molecule has 0 aliphatic heterocycles. The maximum Gasteiger partial charge on any atom is 0.244 e. The van der Waals surface area contributed by atoms with E-state index in [0.717, 1.165) is 23.2 Å². The smallest absolute Gasteiger partial charge is 0.244 e. The number of hydrogen-bond donors (Lipinski definition) is 2. The maximum absolute atomic E-state index is 11.8. The molecule has 0 radical (unpaired) electrons. The van der Waals surface area contributed by atoms with E-state index in [9.17, 15) is 4.79 Å². The standard InChI is InChI=1S/C18H20N2O/c1-3-7-15-12-13(2)10-11-16(15)20-17(18(19)21)14-8-5-4-6-9-14/h3-6,8-12,17,20H,1,7H2,2H3,(H2,19,21). The number of rotatable bonds is 6. The Morgan fingerprint density at radius 1 is 1.29 bits per heavy atom. The molecule has 0 saturated carbocycles. The lowest BCUT2D eigenvalue weighted by Crippen LogP contribution is -2.28. The van der Waals surface area contributed by atoms with Crippen molar-refractivity contribution in [2.24, 2.45) is 5.73 Å². The monoisotopic (exact) mass is 280 g/mol. The summed E-state index contributed by atoms with van der Waals surface area (Å²) in [6.45, 7) is 5.82. The van der Waals surface area contributed by atoms with Gasteiger partial charge in [0, 0.05) is 5.69 Å². The molecular weight excluding hydrogens is 260 g/mol. The molecule has 108 valence electrons. The van der Waals surface area contributed by atoms with Gasteiger partial charge in [-0.15, -0.1) is 6.58 Å². The van der Waals surface area contributed by atoms with E-state index in [4.69, 9.17) is 5.73 Å². The number of nitrogens with one attached hydrogen (secondary N) is 1.